The summed E-state index contributed by atoms with van der Waals surface area (Å²) in [4.78, 5) is 19.0. The maximum absolute atomic E-state index is 13.0. The number of amides is 1. The molecule has 164 valence electrons. The van der Waals surface area contributed by atoms with Crippen molar-refractivity contribution in [2.75, 3.05) is 0 Å². The smallest absolute Gasteiger partial charge is 0.283 e. The number of fused-ring (bicyclic) bond motifs is 2. The molecule has 0 radical (unpaired) electrons. The Morgan fingerprint density at radius 3 is 2.41 bits per heavy atom. The molecular formula is C28H20N4OS. The van der Waals surface area contributed by atoms with Crippen LogP contribution in [0, 0.1) is 5.41 Å². The molecule has 1 N–H and O–H groups in total. The first-order valence-corrected chi connectivity index (χ1v) is 11.8. The largest absolute Gasteiger partial charge is 0.342 e. The minimum atomic E-state index is -0.383. The molecule has 6 rings (SSSR count). The van der Waals surface area contributed by atoms with E-state index in [2.05, 4.69) is 40.0 Å². The van der Waals surface area contributed by atoms with Gasteiger partial charge in [0, 0.05) is 34.6 Å². The second-order valence-electron chi connectivity index (χ2n) is 8.14. The van der Waals surface area contributed by atoms with E-state index in [-0.39, 0.29) is 17.3 Å². The van der Waals surface area contributed by atoms with Gasteiger partial charge < -0.3 is 4.57 Å². The van der Waals surface area contributed by atoms with E-state index in [1.807, 2.05) is 66.1 Å². The Kier molecular flexibility index (Phi) is 5.00. The predicted molar refractivity (Wildman–Crippen MR) is 139 cm³/mol. The van der Waals surface area contributed by atoms with E-state index < -0.39 is 0 Å². The normalized spacial score (nSPS) is 16.7. The molecule has 5 nitrogen and oxygen atoms in total. The second kappa shape index (κ2) is 8.32. The van der Waals surface area contributed by atoms with Crippen molar-refractivity contribution in [3.8, 4) is 0 Å². The van der Waals surface area contributed by atoms with Crippen molar-refractivity contribution < 1.29 is 4.79 Å². The van der Waals surface area contributed by atoms with Gasteiger partial charge in [-0.05, 0) is 23.3 Å². The number of rotatable bonds is 4. The van der Waals surface area contributed by atoms with Crippen molar-refractivity contribution >= 4 is 51.3 Å². The molecule has 0 fully saturated rings. The third kappa shape index (κ3) is 3.49. The fraction of sp³-hybridized carbons (Fsp3) is 0.0357. The average molecular weight is 461 g/mol. The summed E-state index contributed by atoms with van der Waals surface area (Å²) in [5.74, 6) is -0.235. The van der Waals surface area contributed by atoms with Gasteiger partial charge in [0.15, 0.2) is 5.17 Å². The fourth-order valence-corrected chi connectivity index (χ4v) is 5.26. The number of hydrogen-bond donors (Lipinski definition) is 1. The molecule has 0 saturated heterocycles. The molecule has 34 heavy (non-hydrogen) atoms. The van der Waals surface area contributed by atoms with Gasteiger partial charge in [0.05, 0.1) is 11.3 Å². The number of thioether (sulfide) groups is 1. The molecule has 1 aromatic heterocycles. The second-order valence-corrected chi connectivity index (χ2v) is 8.98. The quantitative estimate of drug-likeness (QED) is 0.380. The van der Waals surface area contributed by atoms with Crippen LogP contribution in [-0.4, -0.2) is 26.4 Å². The Morgan fingerprint density at radius 2 is 1.62 bits per heavy atom. The minimum Gasteiger partial charge on any atom is -0.342 e. The lowest BCUT2D eigenvalue weighted by molar-refractivity contribution is -0.114. The number of amidine groups is 2. The molecule has 3 heterocycles. The number of para-hydroxylation sites is 1. The standard InChI is InChI=1S/C28H20N4OS/c29-26-23(27(33)30-28-32(26)25(18-34-28)20-11-5-2-6-12-20)15-21-17-31(16-19-9-3-1-4-10-19)24-14-8-7-13-22(21)24/h1-15,17-18,29H,16H2/b23-15+,29-26?. The number of benzene rings is 3. The maximum Gasteiger partial charge on any atom is 0.283 e. The zero-order valence-corrected chi connectivity index (χ0v) is 19.0. The lowest BCUT2D eigenvalue weighted by Gasteiger charge is -2.26. The van der Waals surface area contributed by atoms with E-state index in [4.69, 9.17) is 5.41 Å². The first kappa shape index (κ1) is 20.4. The number of aliphatic imine (C=N–C) groups is 1. The minimum absolute atomic E-state index is 0.148. The van der Waals surface area contributed by atoms with Crippen molar-refractivity contribution in [3.05, 3.63) is 119 Å². The van der Waals surface area contributed by atoms with Gasteiger partial charge in [-0.2, -0.15) is 4.99 Å². The molecule has 0 saturated carbocycles. The van der Waals surface area contributed by atoms with Crippen LogP contribution in [0.2, 0.25) is 0 Å². The molecule has 6 heteroatoms. The van der Waals surface area contributed by atoms with Crippen molar-refractivity contribution in [1.82, 2.24) is 9.47 Å². The van der Waals surface area contributed by atoms with Gasteiger partial charge in [-0.25, -0.2) is 0 Å². The molecule has 0 atom stereocenters. The highest BCUT2D eigenvalue weighted by Gasteiger charge is 2.36. The Hall–Kier alpha value is -4.16. The number of aromatic nitrogens is 1. The summed E-state index contributed by atoms with van der Waals surface area (Å²) in [6, 6.07) is 28.3. The van der Waals surface area contributed by atoms with Gasteiger partial charge in [0.1, 0.15) is 5.84 Å². The van der Waals surface area contributed by atoms with Crippen molar-refractivity contribution in [3.63, 3.8) is 0 Å². The van der Waals surface area contributed by atoms with Gasteiger partial charge in [0.25, 0.3) is 5.91 Å². The predicted octanol–water partition coefficient (Wildman–Crippen LogP) is 5.99. The van der Waals surface area contributed by atoms with Crippen LogP contribution >= 0.6 is 11.8 Å². The molecule has 1 amide bonds. The van der Waals surface area contributed by atoms with Gasteiger partial charge in [-0.15, -0.1) is 0 Å². The Morgan fingerprint density at radius 1 is 0.912 bits per heavy atom. The van der Waals surface area contributed by atoms with Crippen LogP contribution in [0.25, 0.3) is 22.7 Å². The van der Waals surface area contributed by atoms with E-state index in [1.54, 1.807) is 11.0 Å². The molecule has 2 aliphatic heterocycles. The van der Waals surface area contributed by atoms with Crippen molar-refractivity contribution in [2.24, 2.45) is 4.99 Å². The highest BCUT2D eigenvalue weighted by Crippen LogP contribution is 2.37. The fourth-order valence-electron chi connectivity index (χ4n) is 4.37. The summed E-state index contributed by atoms with van der Waals surface area (Å²) in [5.41, 5.74) is 5.31. The first-order valence-electron chi connectivity index (χ1n) is 11.0. The molecule has 0 spiro atoms. The monoisotopic (exact) mass is 460 g/mol. The summed E-state index contributed by atoms with van der Waals surface area (Å²) >= 11 is 1.37. The molecular weight excluding hydrogens is 440 g/mol. The number of hydrogen-bond acceptors (Lipinski definition) is 3. The van der Waals surface area contributed by atoms with E-state index in [0.717, 1.165) is 34.3 Å². The summed E-state index contributed by atoms with van der Waals surface area (Å²) < 4.78 is 2.18. The Bertz CT molecular complexity index is 1530. The first-order chi connectivity index (χ1) is 16.7. The summed E-state index contributed by atoms with van der Waals surface area (Å²) in [7, 11) is 0. The highest BCUT2D eigenvalue weighted by atomic mass is 32.2. The number of carbonyl (C=O) groups is 1. The zero-order chi connectivity index (χ0) is 23.1. The van der Waals surface area contributed by atoms with Crippen LogP contribution in [0.15, 0.2) is 107 Å². The van der Waals surface area contributed by atoms with Gasteiger partial charge in [-0.3, -0.25) is 15.1 Å². The van der Waals surface area contributed by atoms with E-state index in [0.29, 0.717) is 5.17 Å². The molecule has 0 unspecified atom stereocenters. The molecule has 3 aromatic carbocycles. The molecule has 0 aliphatic carbocycles. The van der Waals surface area contributed by atoms with Gasteiger partial charge in [-0.1, -0.05) is 90.6 Å². The van der Waals surface area contributed by atoms with E-state index in [1.165, 1.54) is 17.3 Å². The molecule has 0 bridgehead atoms. The van der Waals surface area contributed by atoms with E-state index in [9.17, 15) is 4.79 Å². The van der Waals surface area contributed by atoms with E-state index >= 15 is 0 Å². The van der Waals surface area contributed by atoms with Crippen LogP contribution in [0.1, 0.15) is 16.7 Å². The summed E-state index contributed by atoms with van der Waals surface area (Å²) in [6.45, 7) is 0.724. The van der Waals surface area contributed by atoms with Crippen molar-refractivity contribution in [1.29, 1.82) is 5.41 Å². The third-order valence-electron chi connectivity index (χ3n) is 6.00. The van der Waals surface area contributed by atoms with Gasteiger partial charge >= 0.3 is 0 Å². The van der Waals surface area contributed by atoms with Crippen LogP contribution in [0.5, 0.6) is 0 Å². The van der Waals surface area contributed by atoms with Gasteiger partial charge in [0.2, 0.25) is 0 Å². The summed E-state index contributed by atoms with van der Waals surface area (Å²) in [5, 5.41) is 12.4. The molecule has 2 aliphatic rings. The third-order valence-corrected chi connectivity index (χ3v) is 6.82. The number of nitrogens with zero attached hydrogens (tertiary/aromatic N) is 3. The van der Waals surface area contributed by atoms with Crippen LogP contribution in [0.3, 0.4) is 0 Å². The topological polar surface area (TPSA) is 61.5 Å². The lowest BCUT2D eigenvalue weighted by atomic mass is 10.1. The van der Waals surface area contributed by atoms with Crippen LogP contribution in [-0.2, 0) is 11.3 Å². The maximum atomic E-state index is 13.0. The SMILES string of the molecule is N=C1/C(=C\c2cn(Cc3ccccc3)c3ccccc23)C(=O)N=C2SC=C(c3ccccc3)N12. The van der Waals surface area contributed by atoms with Crippen molar-refractivity contribution in [2.45, 2.75) is 6.54 Å². The zero-order valence-electron chi connectivity index (χ0n) is 18.2. The average Bonchev–Trinajstić information content (AvgIpc) is 3.45. The van der Waals surface area contributed by atoms with Crippen LogP contribution in [0.4, 0.5) is 0 Å². The number of nitrogens with one attached hydrogen (secondary N) is 1. The summed E-state index contributed by atoms with van der Waals surface area (Å²) in [6.07, 6.45) is 3.86. The Balaban J connectivity index is 1.41. The number of carbonyl (C=O) groups excluding carboxylic acids is 1. The highest BCUT2D eigenvalue weighted by molar-refractivity contribution is 8.17. The molecule has 4 aromatic rings. The lowest BCUT2D eigenvalue weighted by Crippen LogP contribution is -2.37. The Labute approximate surface area is 201 Å². The van der Waals surface area contributed by atoms with Crippen LogP contribution < -0.4 is 0 Å².